The Labute approximate surface area is 243 Å². The number of aryl methyl sites for hydroxylation is 1. The number of rotatable bonds is 11. The summed E-state index contributed by atoms with van der Waals surface area (Å²) in [6, 6.07) is 12.7. The summed E-state index contributed by atoms with van der Waals surface area (Å²) in [5.74, 6) is 3.17. The number of carbonyl (C=O) groups excluding carboxylic acids is 2. The highest BCUT2D eigenvalue weighted by Gasteiger charge is 2.24. The van der Waals surface area contributed by atoms with Gasteiger partial charge in [0.05, 0.1) is 30.3 Å². The number of hydrogen-bond donors (Lipinski definition) is 4. The van der Waals surface area contributed by atoms with Crippen molar-refractivity contribution in [1.29, 1.82) is 0 Å². The molecule has 15 heteroatoms. The van der Waals surface area contributed by atoms with E-state index in [2.05, 4.69) is 20.2 Å². The molecule has 43 heavy (non-hydrogen) atoms. The van der Waals surface area contributed by atoms with E-state index in [4.69, 9.17) is 15.3 Å². The number of nitrogens with zero attached hydrogens (tertiary/aromatic N) is 2. The number of hydrazine groups is 1. The Kier molecular flexibility index (Phi) is 7.84. The lowest BCUT2D eigenvalue weighted by Crippen LogP contribution is -2.17. The SMILES string of the molecule is COc1cc2cc(C(=O)c3cnn(-c4c(C)cc(Oc5ccccc5F)cc4F)c3NN)[nH]c2cc1NS(=O)(=O)CC=O. The molecular weight excluding hydrogens is 586 g/mol. The number of halogens is 2. The first-order chi connectivity index (χ1) is 20.5. The molecule has 0 saturated carbocycles. The Morgan fingerprint density at radius 1 is 1.12 bits per heavy atom. The molecule has 12 nitrogen and oxygen atoms in total. The number of ketones is 1. The van der Waals surface area contributed by atoms with Crippen LogP contribution >= 0.6 is 0 Å². The van der Waals surface area contributed by atoms with Gasteiger partial charge in [-0.1, -0.05) is 12.1 Å². The number of anilines is 2. The maximum atomic E-state index is 15.4. The zero-order valence-electron chi connectivity index (χ0n) is 22.6. The number of hydrogen-bond acceptors (Lipinski definition) is 9. The topological polar surface area (TPSA) is 170 Å². The standard InChI is InChI=1S/C28H24F2N6O6S/c1-15-9-17(42-24-6-4-3-5-19(24)29)12-20(30)26(15)36-28(34-31)18(14-32-36)27(38)23-10-16-11-25(41-2)22(13-21(16)33-23)35-43(39,40)8-7-37/h3-7,9-14,33-35H,8,31H2,1-2H3. The van der Waals surface area contributed by atoms with Gasteiger partial charge in [-0.15, -0.1) is 0 Å². The number of nitrogens with two attached hydrogens (primary N) is 1. The van der Waals surface area contributed by atoms with Gasteiger partial charge in [0.2, 0.25) is 15.8 Å². The van der Waals surface area contributed by atoms with Gasteiger partial charge in [-0.3, -0.25) is 9.52 Å². The molecular formula is C28H24F2N6O6S. The maximum absolute atomic E-state index is 15.4. The predicted octanol–water partition coefficient (Wildman–Crippen LogP) is 4.20. The number of fused-ring (bicyclic) bond motifs is 1. The minimum atomic E-state index is -3.97. The number of H-pyrrole nitrogens is 1. The van der Waals surface area contributed by atoms with E-state index < -0.39 is 33.2 Å². The van der Waals surface area contributed by atoms with Crippen LogP contribution in [0.4, 0.5) is 20.3 Å². The summed E-state index contributed by atoms with van der Waals surface area (Å²) < 4.78 is 67.8. The molecule has 3 aromatic carbocycles. The molecule has 0 aliphatic carbocycles. The Morgan fingerprint density at radius 3 is 2.56 bits per heavy atom. The fourth-order valence-electron chi connectivity index (χ4n) is 4.48. The normalized spacial score (nSPS) is 11.4. The lowest BCUT2D eigenvalue weighted by Gasteiger charge is -2.14. The molecule has 222 valence electrons. The monoisotopic (exact) mass is 610 g/mol. The molecule has 5 aromatic rings. The van der Waals surface area contributed by atoms with Crippen LogP contribution in [-0.4, -0.2) is 48.1 Å². The molecule has 2 aromatic heterocycles. The van der Waals surface area contributed by atoms with Gasteiger partial charge in [0, 0.05) is 17.0 Å². The van der Waals surface area contributed by atoms with E-state index in [1.807, 2.05) is 0 Å². The maximum Gasteiger partial charge on any atom is 0.239 e. The number of nitrogens with one attached hydrogen (secondary N) is 3. The van der Waals surface area contributed by atoms with Crippen LogP contribution in [0.25, 0.3) is 16.6 Å². The Bertz CT molecular complexity index is 1970. The van der Waals surface area contributed by atoms with Gasteiger partial charge >= 0.3 is 0 Å². The largest absolute Gasteiger partial charge is 0.495 e. The number of aromatic amines is 1. The second kappa shape index (κ2) is 11.5. The van der Waals surface area contributed by atoms with E-state index in [0.29, 0.717) is 16.5 Å². The molecule has 0 spiro atoms. The highest BCUT2D eigenvalue weighted by molar-refractivity contribution is 7.93. The minimum Gasteiger partial charge on any atom is -0.495 e. The van der Waals surface area contributed by atoms with Crippen LogP contribution in [-0.2, 0) is 14.8 Å². The number of carbonyl (C=O) groups is 2. The van der Waals surface area contributed by atoms with Gasteiger partial charge < -0.3 is 24.7 Å². The summed E-state index contributed by atoms with van der Waals surface area (Å²) in [6.45, 7) is 1.59. The molecule has 0 bridgehead atoms. The molecule has 0 amide bonds. The molecule has 0 radical (unpaired) electrons. The number of nitrogen functional groups attached to an aromatic ring is 1. The fraction of sp³-hybridized carbons (Fsp3) is 0.107. The van der Waals surface area contributed by atoms with Gasteiger partial charge in [-0.2, -0.15) is 5.10 Å². The summed E-state index contributed by atoms with van der Waals surface area (Å²) >= 11 is 0. The Hall–Kier alpha value is -5.28. The number of para-hydroxylation sites is 1. The zero-order valence-corrected chi connectivity index (χ0v) is 23.5. The average molecular weight is 611 g/mol. The van der Waals surface area contributed by atoms with Gasteiger partial charge in [0.25, 0.3) is 0 Å². The van der Waals surface area contributed by atoms with Crippen molar-refractivity contribution in [3.8, 4) is 22.9 Å². The highest BCUT2D eigenvalue weighted by Crippen LogP contribution is 2.34. The smallest absolute Gasteiger partial charge is 0.239 e. The highest BCUT2D eigenvalue weighted by atomic mass is 32.2. The third kappa shape index (κ3) is 5.75. The Balaban J connectivity index is 1.49. The van der Waals surface area contributed by atoms with Crippen molar-refractivity contribution in [1.82, 2.24) is 14.8 Å². The second-order valence-corrected chi connectivity index (χ2v) is 11.0. The third-order valence-corrected chi connectivity index (χ3v) is 7.50. The summed E-state index contributed by atoms with van der Waals surface area (Å²) in [7, 11) is -2.63. The molecule has 5 rings (SSSR count). The predicted molar refractivity (Wildman–Crippen MR) is 154 cm³/mol. The summed E-state index contributed by atoms with van der Waals surface area (Å²) in [6.07, 6.45) is 1.47. The molecule has 0 aliphatic heterocycles. The number of aldehydes is 1. The van der Waals surface area contributed by atoms with E-state index >= 15 is 4.39 Å². The lowest BCUT2D eigenvalue weighted by molar-refractivity contribution is -0.105. The van der Waals surface area contributed by atoms with Crippen LogP contribution in [0, 0.1) is 18.6 Å². The summed E-state index contributed by atoms with van der Waals surface area (Å²) in [5.41, 5.74) is 3.26. The Morgan fingerprint density at radius 2 is 1.88 bits per heavy atom. The first-order valence-corrected chi connectivity index (χ1v) is 14.2. The average Bonchev–Trinajstić information content (AvgIpc) is 3.56. The van der Waals surface area contributed by atoms with E-state index in [9.17, 15) is 22.4 Å². The molecule has 0 aliphatic rings. The van der Waals surface area contributed by atoms with Crippen LogP contribution in [0.15, 0.2) is 60.8 Å². The molecule has 2 heterocycles. The summed E-state index contributed by atoms with van der Waals surface area (Å²) in [4.78, 5) is 27.2. The molecule has 0 fully saturated rings. The first kappa shape index (κ1) is 29.2. The van der Waals surface area contributed by atoms with Crippen LogP contribution < -0.4 is 25.5 Å². The molecule has 5 N–H and O–H groups in total. The van der Waals surface area contributed by atoms with E-state index in [0.717, 1.165) is 10.7 Å². The lowest BCUT2D eigenvalue weighted by atomic mass is 10.1. The van der Waals surface area contributed by atoms with Gasteiger partial charge in [0.1, 0.15) is 29.2 Å². The van der Waals surface area contributed by atoms with Crippen molar-refractivity contribution in [2.45, 2.75) is 6.92 Å². The number of sulfonamides is 1. The minimum absolute atomic E-state index is 0.00147. The van der Waals surface area contributed by atoms with Crippen molar-refractivity contribution in [2.75, 3.05) is 23.0 Å². The number of ether oxygens (including phenoxy) is 2. The van der Waals surface area contributed by atoms with Crippen molar-refractivity contribution >= 4 is 44.5 Å². The quantitative estimate of drug-likeness (QED) is 0.0741. The van der Waals surface area contributed by atoms with Crippen molar-refractivity contribution in [2.24, 2.45) is 5.84 Å². The first-order valence-electron chi connectivity index (χ1n) is 12.5. The van der Waals surface area contributed by atoms with Gasteiger partial charge in [-0.05, 0) is 48.9 Å². The fourth-order valence-corrected chi connectivity index (χ4v) is 5.24. The molecule has 0 saturated heterocycles. The number of benzene rings is 3. The summed E-state index contributed by atoms with van der Waals surface area (Å²) in [5, 5.41) is 4.69. The van der Waals surface area contributed by atoms with Crippen LogP contribution in [0.1, 0.15) is 21.6 Å². The third-order valence-electron chi connectivity index (χ3n) is 6.39. The van der Waals surface area contributed by atoms with Crippen molar-refractivity contribution < 1.29 is 36.3 Å². The van der Waals surface area contributed by atoms with Crippen molar-refractivity contribution in [3.63, 3.8) is 0 Å². The van der Waals surface area contributed by atoms with E-state index in [1.54, 1.807) is 13.0 Å². The van der Waals surface area contributed by atoms with Crippen molar-refractivity contribution in [3.05, 3.63) is 89.2 Å². The van der Waals surface area contributed by atoms with E-state index in [-0.39, 0.29) is 52.0 Å². The zero-order chi connectivity index (χ0) is 30.9. The molecule has 0 atom stereocenters. The van der Waals surface area contributed by atoms with Crippen LogP contribution in [0.2, 0.25) is 0 Å². The second-order valence-electron chi connectivity index (χ2n) is 9.27. The number of aromatic nitrogens is 3. The van der Waals surface area contributed by atoms with E-state index in [1.165, 1.54) is 55.8 Å². The van der Waals surface area contributed by atoms with Gasteiger partial charge in [-0.25, -0.2) is 27.7 Å². The van der Waals surface area contributed by atoms with Crippen LogP contribution in [0.5, 0.6) is 17.2 Å². The molecule has 0 unspecified atom stereocenters. The van der Waals surface area contributed by atoms with Gasteiger partial charge in [0.15, 0.2) is 23.2 Å². The number of methoxy groups -OCH3 is 1. The van der Waals surface area contributed by atoms with Crippen LogP contribution in [0.3, 0.4) is 0 Å².